The number of rotatable bonds is 9. The molecule has 0 aliphatic heterocycles. The zero-order valence-corrected chi connectivity index (χ0v) is 20.3. The Balaban J connectivity index is 2.14. The molecule has 0 unspecified atom stereocenters. The number of carboxylic acids is 1. The molecule has 37 heavy (non-hydrogen) atoms. The molecule has 0 bridgehead atoms. The minimum atomic E-state index is -1.35. The van der Waals surface area contributed by atoms with E-state index >= 15 is 8.78 Å². The molecule has 0 fully saturated rings. The van der Waals surface area contributed by atoms with E-state index in [1.54, 1.807) is 14.1 Å². The third-order valence-electron chi connectivity index (χ3n) is 4.95. The van der Waals surface area contributed by atoms with E-state index in [2.05, 4.69) is 4.98 Å². The highest BCUT2D eigenvalue weighted by molar-refractivity contribution is 5.94. The molecule has 1 N–H and O–H groups in total. The normalized spacial score (nSPS) is 10.3. The number of hydrogen-bond donors (Lipinski definition) is 1. The average Bonchev–Trinajstić information content (AvgIpc) is 2.86. The zero-order valence-electron chi connectivity index (χ0n) is 20.3. The largest absolute Gasteiger partial charge is 0.493 e. The minimum Gasteiger partial charge on any atom is -0.493 e. The van der Waals surface area contributed by atoms with Crippen LogP contribution in [0.4, 0.5) is 14.5 Å². The van der Waals surface area contributed by atoms with Crippen LogP contribution in [0.1, 0.15) is 15.9 Å². The van der Waals surface area contributed by atoms with Gasteiger partial charge in [-0.3, -0.25) is 9.59 Å². The SMILES string of the molecule is COc1ccc(C#N)cc1Oc1nc(Oc2cccc(C(=O)N(C)C)c2)c(F)c(N(C)CC(=O)O)c1F. The number of aliphatic carboxylic acids is 1. The van der Waals surface area contributed by atoms with Crippen molar-refractivity contribution >= 4 is 17.6 Å². The lowest BCUT2D eigenvalue weighted by Gasteiger charge is -2.21. The van der Waals surface area contributed by atoms with Gasteiger partial charge in [-0.2, -0.15) is 19.0 Å². The summed E-state index contributed by atoms with van der Waals surface area (Å²) in [5, 5.41) is 18.3. The van der Waals surface area contributed by atoms with Gasteiger partial charge in [0.25, 0.3) is 17.7 Å². The summed E-state index contributed by atoms with van der Waals surface area (Å²) >= 11 is 0. The average molecular weight is 512 g/mol. The van der Waals surface area contributed by atoms with E-state index in [4.69, 9.17) is 19.3 Å². The highest BCUT2D eigenvalue weighted by Crippen LogP contribution is 2.39. The molecule has 0 spiro atoms. The minimum absolute atomic E-state index is 0.00699. The molecular formula is C25H22F2N4O6. The predicted molar refractivity (Wildman–Crippen MR) is 127 cm³/mol. The van der Waals surface area contributed by atoms with Crippen LogP contribution in [0.5, 0.6) is 29.0 Å². The quantitative estimate of drug-likeness (QED) is 0.452. The van der Waals surface area contributed by atoms with Crippen molar-refractivity contribution in [2.75, 3.05) is 39.7 Å². The van der Waals surface area contributed by atoms with E-state index in [1.807, 2.05) is 6.07 Å². The number of methoxy groups -OCH3 is 1. The second-order valence-corrected chi connectivity index (χ2v) is 7.86. The Morgan fingerprint density at radius 3 is 2.30 bits per heavy atom. The first-order valence-electron chi connectivity index (χ1n) is 10.6. The Morgan fingerprint density at radius 1 is 1.03 bits per heavy atom. The van der Waals surface area contributed by atoms with Gasteiger partial charge < -0.3 is 29.1 Å². The van der Waals surface area contributed by atoms with Gasteiger partial charge in [-0.25, -0.2) is 0 Å². The van der Waals surface area contributed by atoms with Crippen LogP contribution in [0.15, 0.2) is 42.5 Å². The fourth-order valence-corrected chi connectivity index (χ4v) is 3.23. The summed E-state index contributed by atoms with van der Waals surface area (Å²) in [5.41, 5.74) is -0.374. The van der Waals surface area contributed by atoms with Crippen LogP contribution in [-0.4, -0.2) is 61.7 Å². The van der Waals surface area contributed by atoms with Crippen LogP contribution in [0.25, 0.3) is 0 Å². The third-order valence-corrected chi connectivity index (χ3v) is 4.95. The summed E-state index contributed by atoms with van der Waals surface area (Å²) in [6, 6.07) is 11.8. The Bertz CT molecular complexity index is 1390. The molecule has 1 amide bonds. The van der Waals surface area contributed by atoms with Gasteiger partial charge in [0.15, 0.2) is 11.5 Å². The Labute approximate surface area is 210 Å². The Kier molecular flexibility index (Phi) is 8.09. The summed E-state index contributed by atoms with van der Waals surface area (Å²) < 4.78 is 47.2. The van der Waals surface area contributed by atoms with Gasteiger partial charge in [0.1, 0.15) is 18.0 Å². The van der Waals surface area contributed by atoms with Gasteiger partial charge in [0.05, 0.1) is 18.7 Å². The number of benzene rings is 2. The second kappa shape index (κ2) is 11.2. The van der Waals surface area contributed by atoms with Crippen LogP contribution in [-0.2, 0) is 4.79 Å². The van der Waals surface area contributed by atoms with Crippen LogP contribution in [0, 0.1) is 23.0 Å². The number of halogens is 2. The van der Waals surface area contributed by atoms with Gasteiger partial charge in [-0.1, -0.05) is 6.07 Å². The molecule has 0 radical (unpaired) electrons. The van der Waals surface area contributed by atoms with Crippen LogP contribution < -0.4 is 19.1 Å². The molecule has 3 rings (SSSR count). The topological polar surface area (TPSA) is 125 Å². The van der Waals surface area contributed by atoms with E-state index in [9.17, 15) is 14.9 Å². The van der Waals surface area contributed by atoms with Crippen molar-refractivity contribution in [3.05, 3.63) is 65.2 Å². The molecular weight excluding hydrogens is 490 g/mol. The maximum absolute atomic E-state index is 15.4. The molecule has 2 aromatic carbocycles. The summed E-state index contributed by atoms with van der Waals surface area (Å²) in [6.07, 6.45) is 0. The number of carbonyl (C=O) groups excluding carboxylic acids is 1. The predicted octanol–water partition coefficient (Wildman–Crippen LogP) is 4.05. The molecule has 12 heteroatoms. The number of ether oxygens (including phenoxy) is 3. The number of aromatic nitrogens is 1. The molecule has 1 aromatic heterocycles. The molecule has 0 atom stereocenters. The zero-order chi connectivity index (χ0) is 27.3. The number of likely N-dealkylation sites (N-methyl/N-ethyl adjacent to an activating group) is 1. The summed E-state index contributed by atoms with van der Waals surface area (Å²) in [5.74, 6) is -5.77. The monoisotopic (exact) mass is 512 g/mol. The van der Waals surface area contributed by atoms with Gasteiger partial charge in [0.2, 0.25) is 11.6 Å². The number of pyridine rings is 1. The molecule has 0 saturated heterocycles. The molecule has 0 aliphatic rings. The van der Waals surface area contributed by atoms with E-state index in [0.29, 0.717) is 0 Å². The van der Waals surface area contributed by atoms with E-state index < -0.39 is 41.6 Å². The van der Waals surface area contributed by atoms with Crippen molar-refractivity contribution in [3.63, 3.8) is 0 Å². The van der Waals surface area contributed by atoms with Gasteiger partial charge in [-0.15, -0.1) is 0 Å². The highest BCUT2D eigenvalue weighted by Gasteiger charge is 2.28. The number of carbonyl (C=O) groups is 2. The van der Waals surface area contributed by atoms with Crippen molar-refractivity contribution in [2.24, 2.45) is 0 Å². The lowest BCUT2D eigenvalue weighted by Crippen LogP contribution is -2.27. The highest BCUT2D eigenvalue weighted by atomic mass is 19.1. The Hall–Kier alpha value is -4.92. The summed E-state index contributed by atoms with van der Waals surface area (Å²) in [4.78, 5) is 29.5. The fourth-order valence-electron chi connectivity index (χ4n) is 3.23. The van der Waals surface area contributed by atoms with Gasteiger partial charge >= 0.3 is 5.97 Å². The van der Waals surface area contributed by atoms with Crippen LogP contribution in [0.3, 0.4) is 0 Å². The first-order chi connectivity index (χ1) is 17.5. The molecule has 3 aromatic rings. The number of carboxylic acid groups (broad SMARTS) is 1. The maximum Gasteiger partial charge on any atom is 0.323 e. The van der Waals surface area contributed by atoms with E-state index in [0.717, 1.165) is 11.9 Å². The van der Waals surface area contributed by atoms with Crippen molar-refractivity contribution < 1.29 is 37.7 Å². The number of anilines is 1. The summed E-state index contributed by atoms with van der Waals surface area (Å²) in [6.45, 7) is -0.753. The molecule has 0 aliphatic carbocycles. The fraction of sp³-hybridized carbons (Fsp3) is 0.200. The lowest BCUT2D eigenvalue weighted by molar-refractivity contribution is -0.135. The van der Waals surface area contributed by atoms with E-state index in [-0.39, 0.29) is 34.3 Å². The molecule has 1 heterocycles. The van der Waals surface area contributed by atoms with Crippen molar-refractivity contribution in [1.82, 2.24) is 9.88 Å². The first kappa shape index (κ1) is 26.7. The number of hydrogen-bond acceptors (Lipinski definition) is 8. The summed E-state index contributed by atoms with van der Waals surface area (Å²) in [7, 11) is 5.60. The molecule has 192 valence electrons. The standard InChI is InChI=1S/C25H22F2N4O6/c1-30(2)25(34)15-6-5-7-16(11-15)36-23-20(26)22(31(3)13-19(32)33)21(27)24(29-23)37-18-10-14(12-28)8-9-17(18)35-4/h5-11H,13H2,1-4H3,(H,32,33). The number of nitrogens with zero attached hydrogens (tertiary/aromatic N) is 4. The van der Waals surface area contributed by atoms with Crippen LogP contribution in [0.2, 0.25) is 0 Å². The van der Waals surface area contributed by atoms with Crippen molar-refractivity contribution in [1.29, 1.82) is 5.26 Å². The van der Waals surface area contributed by atoms with Crippen LogP contribution >= 0.6 is 0 Å². The molecule has 10 nitrogen and oxygen atoms in total. The Morgan fingerprint density at radius 2 is 1.70 bits per heavy atom. The van der Waals surface area contributed by atoms with Crippen molar-refractivity contribution in [3.8, 4) is 35.1 Å². The maximum atomic E-state index is 15.4. The lowest BCUT2D eigenvalue weighted by atomic mass is 10.2. The van der Waals surface area contributed by atoms with Crippen molar-refractivity contribution in [2.45, 2.75) is 0 Å². The van der Waals surface area contributed by atoms with Gasteiger partial charge in [0, 0.05) is 32.8 Å². The second-order valence-electron chi connectivity index (χ2n) is 7.86. The molecule has 0 saturated carbocycles. The first-order valence-corrected chi connectivity index (χ1v) is 10.6. The smallest absolute Gasteiger partial charge is 0.323 e. The van der Waals surface area contributed by atoms with E-state index in [1.165, 1.54) is 54.5 Å². The third kappa shape index (κ3) is 6.02. The number of amides is 1. The van der Waals surface area contributed by atoms with Gasteiger partial charge in [-0.05, 0) is 30.3 Å². The number of nitriles is 1.